The minimum absolute atomic E-state index is 0.0210. The molecule has 0 bridgehead atoms. The Kier molecular flexibility index (Phi) is 7.99. The number of carbonyl (C=O) groups excluding carboxylic acids is 2. The zero-order valence-corrected chi connectivity index (χ0v) is 17.8. The van der Waals surface area contributed by atoms with E-state index in [1.807, 2.05) is 52.8 Å². The fraction of sp³-hybridized carbons (Fsp3) is 0.429. The molecule has 28 heavy (non-hydrogen) atoms. The summed E-state index contributed by atoms with van der Waals surface area (Å²) in [6.07, 6.45) is 0. The summed E-state index contributed by atoms with van der Waals surface area (Å²) in [5.74, 6) is 0.0323. The molecule has 150 valence electrons. The first kappa shape index (κ1) is 21.9. The molecular formula is C21H27N3O3S. The van der Waals surface area contributed by atoms with Gasteiger partial charge in [-0.3, -0.25) is 4.79 Å². The summed E-state index contributed by atoms with van der Waals surface area (Å²) in [5.41, 5.74) is 3.08. The summed E-state index contributed by atoms with van der Waals surface area (Å²) in [6, 6.07) is 9.15. The molecule has 0 fully saturated rings. The number of hydrogen-bond acceptors (Lipinski definition) is 6. The van der Waals surface area contributed by atoms with Crippen molar-refractivity contribution < 1.29 is 14.3 Å². The number of esters is 1. The summed E-state index contributed by atoms with van der Waals surface area (Å²) >= 11 is 1.46. The van der Waals surface area contributed by atoms with Crippen molar-refractivity contribution >= 4 is 23.6 Å². The zero-order valence-electron chi connectivity index (χ0n) is 17.0. The lowest BCUT2D eigenvalue weighted by atomic mass is 10.1. The third-order valence-electron chi connectivity index (χ3n) is 4.28. The smallest absolute Gasteiger partial charge is 0.338 e. The van der Waals surface area contributed by atoms with E-state index in [1.165, 1.54) is 11.8 Å². The van der Waals surface area contributed by atoms with E-state index in [0.29, 0.717) is 22.4 Å². The number of benzene rings is 1. The second kappa shape index (κ2) is 10.2. The van der Waals surface area contributed by atoms with Crippen molar-refractivity contribution in [3.05, 3.63) is 52.8 Å². The Morgan fingerprint density at radius 2 is 1.75 bits per heavy atom. The highest BCUT2D eigenvalue weighted by Gasteiger charge is 2.16. The van der Waals surface area contributed by atoms with Crippen LogP contribution in [-0.4, -0.2) is 34.5 Å². The van der Waals surface area contributed by atoms with E-state index in [0.717, 1.165) is 17.0 Å². The van der Waals surface area contributed by atoms with Crippen LogP contribution in [0.5, 0.6) is 0 Å². The molecule has 0 aliphatic rings. The fourth-order valence-electron chi connectivity index (χ4n) is 2.42. The van der Waals surface area contributed by atoms with Gasteiger partial charge in [0.15, 0.2) is 11.8 Å². The highest BCUT2D eigenvalue weighted by molar-refractivity contribution is 7.98. The minimum atomic E-state index is -0.509. The molecule has 0 aliphatic carbocycles. The topological polar surface area (TPSA) is 81.2 Å². The number of nitrogens with zero attached hydrogens (tertiary/aromatic N) is 2. The maximum atomic E-state index is 12.5. The molecule has 1 atom stereocenters. The number of hydrogen-bond donors (Lipinski definition) is 1. The predicted molar refractivity (Wildman–Crippen MR) is 110 cm³/mol. The number of nitrogens with one attached hydrogen (secondary N) is 1. The number of ether oxygens (including phenoxy) is 1. The lowest BCUT2D eigenvalue weighted by Gasteiger charge is -2.17. The maximum Gasteiger partial charge on any atom is 0.338 e. The van der Waals surface area contributed by atoms with Crippen LogP contribution < -0.4 is 5.32 Å². The van der Waals surface area contributed by atoms with Gasteiger partial charge in [-0.05, 0) is 44.4 Å². The third kappa shape index (κ3) is 6.64. The van der Waals surface area contributed by atoms with Gasteiger partial charge in [-0.1, -0.05) is 43.8 Å². The molecule has 0 unspecified atom stereocenters. The Labute approximate surface area is 170 Å². The molecule has 0 saturated carbocycles. The molecule has 6 nitrogen and oxygen atoms in total. The third-order valence-corrected chi connectivity index (χ3v) is 5.17. The van der Waals surface area contributed by atoms with Crippen molar-refractivity contribution in [2.45, 2.75) is 51.6 Å². The van der Waals surface area contributed by atoms with Gasteiger partial charge in [-0.15, -0.1) is 0 Å². The van der Waals surface area contributed by atoms with Crippen LogP contribution in [0.3, 0.4) is 0 Å². The van der Waals surface area contributed by atoms with Gasteiger partial charge in [0.2, 0.25) is 0 Å². The summed E-state index contributed by atoms with van der Waals surface area (Å²) < 4.78 is 5.21. The molecule has 0 aliphatic heterocycles. The highest BCUT2D eigenvalue weighted by Crippen LogP contribution is 2.22. The largest absolute Gasteiger partial charge is 0.452 e. The Morgan fingerprint density at radius 3 is 2.39 bits per heavy atom. The molecule has 2 rings (SSSR count). The quantitative estimate of drug-likeness (QED) is 0.413. The number of thioether (sulfide) groups is 1. The molecule has 0 saturated heterocycles. The number of rotatable bonds is 8. The van der Waals surface area contributed by atoms with Crippen molar-refractivity contribution in [1.29, 1.82) is 0 Å². The Morgan fingerprint density at radius 1 is 1.11 bits per heavy atom. The summed E-state index contributed by atoms with van der Waals surface area (Å²) in [4.78, 5) is 33.2. The van der Waals surface area contributed by atoms with Crippen LogP contribution in [0.4, 0.5) is 0 Å². The average Bonchev–Trinajstić information content (AvgIpc) is 2.63. The van der Waals surface area contributed by atoms with E-state index in [2.05, 4.69) is 15.3 Å². The van der Waals surface area contributed by atoms with Crippen LogP contribution in [0.15, 0.2) is 35.5 Å². The Hall–Kier alpha value is -2.41. The zero-order chi connectivity index (χ0) is 20.7. The van der Waals surface area contributed by atoms with Crippen molar-refractivity contribution in [2.75, 3.05) is 6.61 Å². The number of aromatic nitrogens is 2. The second-order valence-corrected chi connectivity index (χ2v) is 8.00. The predicted octanol–water partition coefficient (Wildman–Crippen LogP) is 3.70. The van der Waals surface area contributed by atoms with Crippen molar-refractivity contribution in [2.24, 2.45) is 5.92 Å². The lowest BCUT2D eigenvalue weighted by Crippen LogP contribution is -2.38. The van der Waals surface area contributed by atoms with Gasteiger partial charge in [0, 0.05) is 23.2 Å². The first-order valence-electron chi connectivity index (χ1n) is 9.25. The van der Waals surface area contributed by atoms with E-state index in [-0.39, 0.29) is 18.6 Å². The van der Waals surface area contributed by atoms with Gasteiger partial charge in [-0.2, -0.15) is 0 Å². The van der Waals surface area contributed by atoms with Gasteiger partial charge in [0.25, 0.3) is 5.91 Å². The van der Waals surface area contributed by atoms with Crippen molar-refractivity contribution in [3.8, 4) is 0 Å². The molecule has 1 aromatic carbocycles. The van der Waals surface area contributed by atoms with Gasteiger partial charge >= 0.3 is 5.97 Å². The first-order valence-corrected chi connectivity index (χ1v) is 10.2. The second-order valence-electron chi connectivity index (χ2n) is 7.06. The molecule has 1 amide bonds. The van der Waals surface area contributed by atoms with Crippen molar-refractivity contribution in [3.63, 3.8) is 0 Å². The molecule has 2 aromatic rings. The molecule has 1 heterocycles. The van der Waals surface area contributed by atoms with E-state index in [4.69, 9.17) is 4.74 Å². The molecule has 1 N–H and O–H groups in total. The summed E-state index contributed by atoms with van der Waals surface area (Å²) in [7, 11) is 0. The van der Waals surface area contributed by atoms with Crippen LogP contribution in [0.25, 0.3) is 0 Å². The molecular weight excluding hydrogens is 374 g/mol. The van der Waals surface area contributed by atoms with Crippen LogP contribution in [0.1, 0.15) is 48.1 Å². The molecule has 0 radical (unpaired) electrons. The monoisotopic (exact) mass is 401 g/mol. The summed E-state index contributed by atoms with van der Waals surface area (Å²) in [5, 5.41) is 3.49. The van der Waals surface area contributed by atoms with E-state index in [1.54, 1.807) is 12.1 Å². The maximum absolute atomic E-state index is 12.5. The number of aryl methyl sites for hydroxylation is 2. The fourth-order valence-corrected chi connectivity index (χ4v) is 3.37. The Balaban J connectivity index is 1.98. The van der Waals surface area contributed by atoms with E-state index in [9.17, 15) is 9.59 Å². The number of carbonyl (C=O) groups is 2. The standard InChI is InChI=1S/C21H27N3O3S/c1-13(2)16(5)24-19(25)11-27-20(26)18-9-7-6-8-17(18)12-28-21-22-14(3)10-15(4)23-21/h6-10,13,16H,11-12H2,1-5H3,(H,24,25)/t16-/m1/s1. The van der Waals surface area contributed by atoms with Gasteiger partial charge in [0.05, 0.1) is 5.56 Å². The molecule has 0 spiro atoms. The lowest BCUT2D eigenvalue weighted by molar-refractivity contribution is -0.125. The van der Waals surface area contributed by atoms with Gasteiger partial charge in [-0.25, -0.2) is 14.8 Å². The van der Waals surface area contributed by atoms with Gasteiger partial charge < -0.3 is 10.1 Å². The first-order chi connectivity index (χ1) is 13.3. The summed E-state index contributed by atoms with van der Waals surface area (Å²) in [6.45, 7) is 9.52. The average molecular weight is 402 g/mol. The van der Waals surface area contributed by atoms with Crippen LogP contribution >= 0.6 is 11.8 Å². The van der Waals surface area contributed by atoms with Crippen LogP contribution in [0.2, 0.25) is 0 Å². The van der Waals surface area contributed by atoms with E-state index >= 15 is 0 Å². The van der Waals surface area contributed by atoms with Gasteiger partial charge in [0.1, 0.15) is 0 Å². The molecule has 7 heteroatoms. The number of amides is 1. The SMILES string of the molecule is Cc1cc(C)nc(SCc2ccccc2C(=O)OCC(=O)N[C@H](C)C(C)C)n1. The minimum Gasteiger partial charge on any atom is -0.452 e. The van der Waals surface area contributed by atoms with Crippen LogP contribution in [-0.2, 0) is 15.3 Å². The molecule has 1 aromatic heterocycles. The highest BCUT2D eigenvalue weighted by atomic mass is 32.2. The van der Waals surface area contributed by atoms with Crippen LogP contribution in [0, 0.1) is 19.8 Å². The normalized spacial score (nSPS) is 11.9. The van der Waals surface area contributed by atoms with Crippen molar-refractivity contribution in [1.82, 2.24) is 15.3 Å². The Bertz CT molecular complexity index is 819. The van der Waals surface area contributed by atoms with E-state index < -0.39 is 5.97 Å².